The van der Waals surface area contributed by atoms with Crippen LogP contribution in [-0.2, 0) is 6.18 Å². The molecule has 1 atom stereocenters. The third kappa shape index (κ3) is 3.38. The first-order chi connectivity index (χ1) is 15.6. The lowest BCUT2D eigenvalue weighted by Gasteiger charge is -2.26. The van der Waals surface area contributed by atoms with Gasteiger partial charge in [-0.25, -0.2) is 4.39 Å². The minimum Gasteiger partial charge on any atom is -0.450 e. The van der Waals surface area contributed by atoms with Gasteiger partial charge in [-0.1, -0.05) is 35.9 Å². The van der Waals surface area contributed by atoms with Gasteiger partial charge in [-0.05, 0) is 48.9 Å². The lowest BCUT2D eigenvalue weighted by molar-refractivity contribution is -0.137. The molecule has 1 aliphatic heterocycles. The third-order valence-corrected chi connectivity index (χ3v) is 5.68. The van der Waals surface area contributed by atoms with Gasteiger partial charge in [0.2, 0.25) is 5.76 Å². The summed E-state index contributed by atoms with van der Waals surface area (Å²) in [5.41, 5.74) is -0.186. The Bertz CT molecular complexity index is 1470. The summed E-state index contributed by atoms with van der Waals surface area (Å²) in [6.45, 7) is 1.85. The number of fused-ring (bicyclic) bond motifs is 2. The number of amides is 1. The van der Waals surface area contributed by atoms with Gasteiger partial charge in [0.25, 0.3) is 5.91 Å². The molecule has 5 rings (SSSR count). The minimum absolute atomic E-state index is 0.0158. The average Bonchev–Trinajstić information content (AvgIpc) is 3.07. The van der Waals surface area contributed by atoms with Gasteiger partial charge in [0.1, 0.15) is 11.4 Å². The van der Waals surface area contributed by atoms with E-state index in [-0.39, 0.29) is 28.0 Å². The predicted molar refractivity (Wildman–Crippen MR) is 114 cm³/mol. The van der Waals surface area contributed by atoms with Crippen LogP contribution in [0.5, 0.6) is 0 Å². The second kappa shape index (κ2) is 7.30. The molecule has 8 heteroatoms. The summed E-state index contributed by atoms with van der Waals surface area (Å²) in [6, 6.07) is 13.6. The lowest BCUT2D eigenvalue weighted by atomic mass is 9.97. The van der Waals surface area contributed by atoms with Gasteiger partial charge in [-0.2, -0.15) is 13.2 Å². The van der Waals surface area contributed by atoms with Crippen LogP contribution in [0.25, 0.3) is 11.0 Å². The fourth-order valence-electron chi connectivity index (χ4n) is 4.11. The van der Waals surface area contributed by atoms with Crippen molar-refractivity contribution in [2.24, 2.45) is 0 Å². The summed E-state index contributed by atoms with van der Waals surface area (Å²) in [6.07, 6.45) is -4.62. The zero-order valence-electron chi connectivity index (χ0n) is 17.1. The molecule has 0 aliphatic carbocycles. The number of nitrogens with zero attached hydrogens (tertiary/aromatic N) is 1. The highest BCUT2D eigenvalue weighted by atomic mass is 19.4. The molecular weight excluding hydrogens is 438 g/mol. The first-order valence-corrected chi connectivity index (χ1v) is 9.99. The zero-order chi connectivity index (χ0) is 23.5. The van der Waals surface area contributed by atoms with E-state index in [2.05, 4.69) is 0 Å². The lowest BCUT2D eigenvalue weighted by Crippen LogP contribution is -2.29. The van der Waals surface area contributed by atoms with Crippen molar-refractivity contribution in [2.75, 3.05) is 4.90 Å². The van der Waals surface area contributed by atoms with Crippen LogP contribution in [0.3, 0.4) is 0 Å². The monoisotopic (exact) mass is 453 g/mol. The van der Waals surface area contributed by atoms with Crippen LogP contribution in [-0.4, -0.2) is 5.91 Å². The Hall–Kier alpha value is -3.94. The molecular formula is C25H15F4NO3. The fourth-order valence-corrected chi connectivity index (χ4v) is 4.11. The van der Waals surface area contributed by atoms with Crippen molar-refractivity contribution in [3.05, 3.63) is 111 Å². The Labute approximate surface area is 184 Å². The van der Waals surface area contributed by atoms with Crippen LogP contribution < -0.4 is 10.3 Å². The average molecular weight is 453 g/mol. The van der Waals surface area contributed by atoms with Crippen LogP contribution in [0.2, 0.25) is 0 Å². The molecule has 1 amide bonds. The van der Waals surface area contributed by atoms with E-state index in [1.54, 1.807) is 24.3 Å². The number of carbonyl (C=O) groups is 1. The maximum atomic E-state index is 13.8. The van der Waals surface area contributed by atoms with Gasteiger partial charge in [-0.15, -0.1) is 0 Å². The van der Waals surface area contributed by atoms with Gasteiger partial charge in [0.05, 0.1) is 22.6 Å². The van der Waals surface area contributed by atoms with Crippen molar-refractivity contribution in [1.82, 2.24) is 0 Å². The van der Waals surface area contributed by atoms with E-state index in [9.17, 15) is 27.2 Å². The number of alkyl halides is 3. The quantitative estimate of drug-likeness (QED) is 0.350. The van der Waals surface area contributed by atoms with Crippen molar-refractivity contribution in [3.8, 4) is 0 Å². The van der Waals surface area contributed by atoms with Crippen molar-refractivity contribution >= 4 is 22.6 Å². The number of carbonyl (C=O) groups excluding carboxylic acids is 1. The van der Waals surface area contributed by atoms with E-state index in [1.807, 2.05) is 6.92 Å². The molecule has 0 fully saturated rings. The molecule has 4 aromatic rings. The number of hydrogen-bond acceptors (Lipinski definition) is 3. The predicted octanol–water partition coefficient (Wildman–Crippen LogP) is 6.01. The van der Waals surface area contributed by atoms with Gasteiger partial charge < -0.3 is 4.42 Å². The first kappa shape index (κ1) is 20.9. The standard InChI is InChI=1S/C25H15F4NO3/c1-13-5-7-14(8-6-13)21-20-22(31)18-12-16(26)9-10-19(18)33-23(20)24(32)30(21)17-4-2-3-15(11-17)25(27,28)29/h2-12,21H,1H3. The number of anilines is 1. The highest BCUT2D eigenvalue weighted by Crippen LogP contribution is 2.42. The maximum Gasteiger partial charge on any atom is 0.416 e. The van der Waals surface area contributed by atoms with E-state index in [0.717, 1.165) is 34.7 Å². The van der Waals surface area contributed by atoms with Crippen molar-refractivity contribution in [1.29, 1.82) is 0 Å². The fraction of sp³-hybridized carbons (Fsp3) is 0.120. The summed E-state index contributed by atoms with van der Waals surface area (Å²) >= 11 is 0. The third-order valence-electron chi connectivity index (χ3n) is 5.68. The zero-order valence-corrected chi connectivity index (χ0v) is 17.1. The molecule has 33 heavy (non-hydrogen) atoms. The summed E-state index contributed by atoms with van der Waals surface area (Å²) in [4.78, 5) is 27.9. The Morgan fingerprint density at radius 1 is 0.939 bits per heavy atom. The maximum absolute atomic E-state index is 13.8. The normalized spacial score (nSPS) is 15.8. The van der Waals surface area contributed by atoms with Crippen LogP contribution >= 0.6 is 0 Å². The Kier molecular flexibility index (Phi) is 4.63. The van der Waals surface area contributed by atoms with Crippen molar-refractivity contribution in [3.63, 3.8) is 0 Å². The molecule has 0 saturated carbocycles. The summed E-state index contributed by atoms with van der Waals surface area (Å²) in [5, 5.41) is -0.0513. The number of aryl methyl sites for hydroxylation is 1. The number of benzene rings is 3. The van der Waals surface area contributed by atoms with Gasteiger partial charge >= 0.3 is 6.18 Å². The minimum atomic E-state index is -4.62. The van der Waals surface area contributed by atoms with Crippen molar-refractivity contribution in [2.45, 2.75) is 19.1 Å². The number of hydrogen-bond donors (Lipinski definition) is 0. The molecule has 0 radical (unpaired) electrons. The molecule has 1 unspecified atom stereocenters. The van der Waals surface area contributed by atoms with Crippen LogP contribution in [0, 0.1) is 12.7 Å². The summed E-state index contributed by atoms with van der Waals surface area (Å²) < 4.78 is 59.6. The molecule has 1 aromatic heterocycles. The van der Waals surface area contributed by atoms with Crippen LogP contribution in [0.15, 0.2) is 75.9 Å². The van der Waals surface area contributed by atoms with Crippen LogP contribution in [0.1, 0.15) is 38.9 Å². The highest BCUT2D eigenvalue weighted by molar-refractivity contribution is 6.10. The van der Waals surface area contributed by atoms with E-state index in [1.165, 1.54) is 18.2 Å². The van der Waals surface area contributed by atoms with E-state index in [4.69, 9.17) is 4.42 Å². The Morgan fingerprint density at radius 2 is 1.67 bits per heavy atom. The molecule has 166 valence electrons. The Balaban J connectivity index is 1.79. The van der Waals surface area contributed by atoms with E-state index in [0.29, 0.717) is 5.56 Å². The smallest absolute Gasteiger partial charge is 0.416 e. The second-order valence-electron chi connectivity index (χ2n) is 7.85. The summed E-state index contributed by atoms with van der Waals surface area (Å²) in [7, 11) is 0. The molecule has 0 spiro atoms. The second-order valence-corrected chi connectivity index (χ2v) is 7.85. The Morgan fingerprint density at radius 3 is 2.36 bits per heavy atom. The molecule has 1 aliphatic rings. The SMILES string of the molecule is Cc1ccc(C2c3c(oc4ccc(F)cc4c3=O)C(=O)N2c2cccc(C(F)(F)F)c2)cc1. The van der Waals surface area contributed by atoms with Gasteiger partial charge in [0.15, 0.2) is 5.43 Å². The topological polar surface area (TPSA) is 50.5 Å². The highest BCUT2D eigenvalue weighted by Gasteiger charge is 2.44. The largest absolute Gasteiger partial charge is 0.450 e. The molecule has 2 heterocycles. The summed E-state index contributed by atoms with van der Waals surface area (Å²) in [5.74, 6) is -1.68. The molecule has 0 N–H and O–H groups in total. The molecule has 4 nitrogen and oxygen atoms in total. The number of rotatable bonds is 2. The van der Waals surface area contributed by atoms with Gasteiger partial charge in [0, 0.05) is 5.69 Å². The molecule has 0 bridgehead atoms. The van der Waals surface area contributed by atoms with Gasteiger partial charge in [-0.3, -0.25) is 14.5 Å². The van der Waals surface area contributed by atoms with E-state index >= 15 is 0 Å². The van der Waals surface area contributed by atoms with Crippen LogP contribution in [0.4, 0.5) is 23.2 Å². The molecule has 3 aromatic carbocycles. The van der Waals surface area contributed by atoms with E-state index < -0.39 is 34.9 Å². The first-order valence-electron chi connectivity index (χ1n) is 9.99. The van der Waals surface area contributed by atoms with Crippen molar-refractivity contribution < 1.29 is 26.8 Å². The number of halogens is 4. The molecule has 0 saturated heterocycles.